The predicted octanol–water partition coefficient (Wildman–Crippen LogP) is 4.33. The molecule has 0 aromatic rings. The minimum Gasteiger partial charge on any atom is -0.393 e. The lowest BCUT2D eigenvalue weighted by molar-refractivity contribution is -0.154. The summed E-state index contributed by atoms with van der Waals surface area (Å²) in [4.78, 5) is 24.8. The molecule has 0 spiro atoms. The van der Waals surface area contributed by atoms with Gasteiger partial charge in [0.05, 0.1) is 12.0 Å². The number of rotatable bonds is 2. The third-order valence-electron chi connectivity index (χ3n) is 9.37. The number of alkyl halides is 1. The van der Waals surface area contributed by atoms with Crippen LogP contribution in [0.3, 0.4) is 0 Å². The summed E-state index contributed by atoms with van der Waals surface area (Å²) in [5.74, 6) is 1.37. The third kappa shape index (κ3) is 2.31. The second kappa shape index (κ2) is 6.03. The molecule has 3 saturated carbocycles. The molecular formula is C23H31ClO3. The lowest BCUT2D eigenvalue weighted by Gasteiger charge is -2.60. The molecule has 0 aliphatic heterocycles. The van der Waals surface area contributed by atoms with E-state index in [1.807, 2.05) is 6.08 Å². The van der Waals surface area contributed by atoms with E-state index in [0.717, 1.165) is 19.3 Å². The van der Waals surface area contributed by atoms with Crippen molar-refractivity contribution in [2.75, 3.05) is 5.88 Å². The van der Waals surface area contributed by atoms with Gasteiger partial charge in [-0.15, -0.1) is 11.6 Å². The van der Waals surface area contributed by atoms with Crippen molar-refractivity contribution in [1.82, 2.24) is 0 Å². The predicted molar refractivity (Wildman–Crippen MR) is 106 cm³/mol. The van der Waals surface area contributed by atoms with Crippen LogP contribution in [0.4, 0.5) is 0 Å². The first-order chi connectivity index (χ1) is 12.6. The molecule has 3 nitrogen and oxygen atoms in total. The maximum absolute atomic E-state index is 12.9. The molecule has 0 radical (unpaired) electrons. The highest BCUT2D eigenvalue weighted by Gasteiger charge is 2.68. The van der Waals surface area contributed by atoms with Gasteiger partial charge in [0.1, 0.15) is 0 Å². The van der Waals surface area contributed by atoms with Crippen LogP contribution in [0.15, 0.2) is 23.8 Å². The summed E-state index contributed by atoms with van der Waals surface area (Å²) < 4.78 is 0. The minimum absolute atomic E-state index is 0.0444. The van der Waals surface area contributed by atoms with E-state index in [1.165, 1.54) is 5.57 Å². The average molecular weight is 391 g/mol. The number of ketones is 2. The largest absolute Gasteiger partial charge is 0.393 e. The van der Waals surface area contributed by atoms with E-state index in [0.29, 0.717) is 18.3 Å². The Morgan fingerprint density at radius 1 is 1.33 bits per heavy atom. The Balaban J connectivity index is 1.78. The molecule has 0 aromatic carbocycles. The van der Waals surface area contributed by atoms with Crippen molar-refractivity contribution in [1.29, 1.82) is 0 Å². The van der Waals surface area contributed by atoms with Crippen LogP contribution in [0.2, 0.25) is 0 Å². The first-order valence-corrected chi connectivity index (χ1v) is 10.8. The topological polar surface area (TPSA) is 54.4 Å². The number of carbonyl (C=O) groups excluding carboxylic acids is 2. The summed E-state index contributed by atoms with van der Waals surface area (Å²) in [7, 11) is 0. The molecule has 1 N–H and O–H groups in total. The van der Waals surface area contributed by atoms with Gasteiger partial charge in [0, 0.05) is 16.7 Å². The molecule has 4 aliphatic rings. The summed E-state index contributed by atoms with van der Waals surface area (Å²) in [5, 5.41) is 11.4. The Labute approximate surface area is 167 Å². The number of hydrogen-bond acceptors (Lipinski definition) is 3. The molecule has 0 unspecified atom stereocenters. The van der Waals surface area contributed by atoms with E-state index >= 15 is 0 Å². The van der Waals surface area contributed by atoms with Crippen molar-refractivity contribution in [2.45, 2.75) is 59.5 Å². The summed E-state index contributed by atoms with van der Waals surface area (Å²) in [5.41, 5.74) is 0.200. The number of aliphatic hydroxyl groups excluding tert-OH is 1. The fourth-order valence-electron chi connectivity index (χ4n) is 7.62. The van der Waals surface area contributed by atoms with Crippen LogP contribution < -0.4 is 0 Å². The van der Waals surface area contributed by atoms with Crippen LogP contribution in [0.1, 0.15) is 53.4 Å². The molecule has 8 atom stereocenters. The van der Waals surface area contributed by atoms with Crippen molar-refractivity contribution in [2.24, 2.45) is 39.9 Å². The van der Waals surface area contributed by atoms with E-state index in [2.05, 4.69) is 27.7 Å². The van der Waals surface area contributed by atoms with Crippen molar-refractivity contribution >= 4 is 23.2 Å². The summed E-state index contributed by atoms with van der Waals surface area (Å²) in [6, 6.07) is 0. The van der Waals surface area contributed by atoms with Gasteiger partial charge in [0.2, 0.25) is 0 Å². The van der Waals surface area contributed by atoms with E-state index in [9.17, 15) is 14.7 Å². The summed E-state index contributed by atoms with van der Waals surface area (Å²) in [6.45, 7) is 8.68. The van der Waals surface area contributed by atoms with E-state index < -0.39 is 11.5 Å². The van der Waals surface area contributed by atoms with Crippen LogP contribution in [-0.2, 0) is 9.59 Å². The maximum atomic E-state index is 12.9. The second-order valence-electron chi connectivity index (χ2n) is 10.1. The molecule has 0 bridgehead atoms. The van der Waals surface area contributed by atoms with Crippen LogP contribution in [0.5, 0.6) is 0 Å². The molecule has 3 fully saturated rings. The Kier molecular flexibility index (Phi) is 4.33. The Morgan fingerprint density at radius 3 is 2.70 bits per heavy atom. The zero-order valence-electron chi connectivity index (χ0n) is 16.8. The number of carbonyl (C=O) groups is 2. The molecule has 27 heavy (non-hydrogen) atoms. The van der Waals surface area contributed by atoms with Gasteiger partial charge in [-0.3, -0.25) is 9.59 Å². The second-order valence-corrected chi connectivity index (χ2v) is 10.4. The van der Waals surface area contributed by atoms with Crippen LogP contribution in [0, 0.1) is 39.9 Å². The number of Topliss-reactive ketones (excluding diaryl/α,β-unsaturated/α-hetero) is 1. The number of allylic oxidation sites excluding steroid dienone is 4. The highest BCUT2D eigenvalue weighted by Crippen LogP contribution is 2.71. The van der Waals surface area contributed by atoms with Gasteiger partial charge in [-0.25, -0.2) is 0 Å². The standard InChI is InChI=1S/C23H31ClO3/c1-13-9-17-16-6-5-14-10-15(25)7-8-21(14,2)20(16)18(26)11-22(17,3)23(13,4)19(27)12-24/h7-8,10,13,16-18,20,26H,5-6,9,11-12H2,1-4H3/t13-,16+,17+,18-,20-,21+,22+,23-/m1/s1. The van der Waals surface area contributed by atoms with Gasteiger partial charge in [-0.2, -0.15) is 0 Å². The van der Waals surface area contributed by atoms with Gasteiger partial charge in [0.15, 0.2) is 11.6 Å². The molecule has 0 amide bonds. The lowest BCUT2D eigenvalue weighted by Crippen LogP contribution is -2.58. The minimum atomic E-state index is -0.485. The van der Waals surface area contributed by atoms with Crippen LogP contribution >= 0.6 is 11.6 Å². The molecule has 0 aromatic heterocycles. The van der Waals surface area contributed by atoms with E-state index in [-0.39, 0.29) is 40.1 Å². The number of aliphatic hydroxyl groups is 1. The number of hydrogen-bond donors (Lipinski definition) is 1. The first-order valence-electron chi connectivity index (χ1n) is 10.3. The molecule has 0 heterocycles. The van der Waals surface area contributed by atoms with Crippen molar-refractivity contribution < 1.29 is 14.7 Å². The number of halogens is 1. The molecule has 148 valence electrons. The lowest BCUT2D eigenvalue weighted by atomic mass is 9.45. The Hall–Kier alpha value is -0.930. The highest BCUT2D eigenvalue weighted by molar-refractivity contribution is 6.28. The van der Waals surface area contributed by atoms with Crippen molar-refractivity contribution in [3.8, 4) is 0 Å². The highest BCUT2D eigenvalue weighted by atomic mass is 35.5. The zero-order chi connectivity index (χ0) is 19.8. The summed E-state index contributed by atoms with van der Waals surface area (Å²) >= 11 is 6.02. The van der Waals surface area contributed by atoms with Crippen LogP contribution in [-0.4, -0.2) is 28.7 Å². The quantitative estimate of drug-likeness (QED) is 0.714. The summed E-state index contributed by atoms with van der Waals surface area (Å²) in [6.07, 6.45) is 8.56. The van der Waals surface area contributed by atoms with Crippen molar-refractivity contribution in [3.05, 3.63) is 23.8 Å². The maximum Gasteiger partial charge on any atom is 0.178 e. The average Bonchev–Trinajstić information content (AvgIpc) is 2.82. The zero-order valence-corrected chi connectivity index (χ0v) is 17.6. The SMILES string of the molecule is C[C@@H]1C[C@H]2[C@@H]3CCC4=CC(=O)C=C[C@]4(C)[C@H]3[C@H](O)C[C@]2(C)[C@@]1(C)C(=O)CCl. The number of fused-ring (bicyclic) bond motifs is 5. The Morgan fingerprint density at radius 2 is 2.04 bits per heavy atom. The van der Waals surface area contributed by atoms with Gasteiger partial charge in [-0.1, -0.05) is 39.3 Å². The normalized spacial score (nSPS) is 51.3. The van der Waals surface area contributed by atoms with Gasteiger partial charge < -0.3 is 5.11 Å². The molecule has 4 heteroatoms. The van der Waals surface area contributed by atoms with E-state index in [1.54, 1.807) is 12.2 Å². The molecule has 4 aliphatic carbocycles. The fraction of sp³-hybridized carbons (Fsp3) is 0.739. The van der Waals surface area contributed by atoms with Gasteiger partial charge >= 0.3 is 0 Å². The van der Waals surface area contributed by atoms with Gasteiger partial charge in [-0.05, 0) is 61.0 Å². The van der Waals surface area contributed by atoms with Crippen LogP contribution in [0.25, 0.3) is 0 Å². The van der Waals surface area contributed by atoms with Gasteiger partial charge in [0.25, 0.3) is 0 Å². The molecule has 4 rings (SSSR count). The monoisotopic (exact) mass is 390 g/mol. The Bertz CT molecular complexity index is 755. The van der Waals surface area contributed by atoms with E-state index in [4.69, 9.17) is 11.6 Å². The molecular weight excluding hydrogens is 360 g/mol. The molecule has 0 saturated heterocycles. The van der Waals surface area contributed by atoms with Crippen molar-refractivity contribution in [3.63, 3.8) is 0 Å². The smallest absolute Gasteiger partial charge is 0.178 e. The fourth-order valence-corrected chi connectivity index (χ4v) is 7.89. The third-order valence-corrected chi connectivity index (χ3v) is 9.61. The first kappa shape index (κ1) is 19.4.